The summed E-state index contributed by atoms with van der Waals surface area (Å²) >= 11 is 0. The lowest BCUT2D eigenvalue weighted by Gasteiger charge is -2.10. The maximum atomic E-state index is 3.47. The molecule has 1 aliphatic rings. The molecule has 1 atom stereocenters. The molecule has 1 N–H and O–H groups in total. The van der Waals surface area contributed by atoms with Crippen LogP contribution in [0.15, 0.2) is 0 Å². The topological polar surface area (TPSA) is 12.0 Å². The molecule has 0 aromatic carbocycles. The van der Waals surface area contributed by atoms with E-state index in [4.69, 9.17) is 0 Å². The minimum absolute atomic E-state index is 0.714. The Labute approximate surface area is 52.5 Å². The highest BCUT2D eigenvalue weighted by atomic mass is 28.3. The molecule has 0 spiro atoms. The van der Waals surface area contributed by atoms with Crippen molar-refractivity contribution in [3.05, 3.63) is 0 Å². The summed E-state index contributed by atoms with van der Waals surface area (Å²) in [5, 5.41) is 3.47. The Balaban J connectivity index is 2.44. The van der Waals surface area contributed by atoms with E-state index in [1.807, 2.05) is 0 Å². The minimum Gasteiger partial charge on any atom is -0.317 e. The van der Waals surface area contributed by atoms with Crippen LogP contribution in [0.5, 0.6) is 0 Å². The smallest absolute Gasteiger partial charge is 0.0641 e. The van der Waals surface area contributed by atoms with Crippen molar-refractivity contribution in [1.29, 1.82) is 0 Å². The van der Waals surface area contributed by atoms with Gasteiger partial charge >= 0.3 is 0 Å². The van der Waals surface area contributed by atoms with Crippen LogP contribution in [0, 0.1) is 0 Å². The first-order chi connectivity index (χ1) is 3.60. The van der Waals surface area contributed by atoms with Gasteiger partial charge in [-0.3, -0.25) is 0 Å². The second kappa shape index (κ2) is 1.85. The van der Waals surface area contributed by atoms with Crippen LogP contribution in [0.2, 0.25) is 19.1 Å². The van der Waals surface area contributed by atoms with Crippen LogP contribution in [0.1, 0.15) is 6.92 Å². The van der Waals surface area contributed by atoms with Gasteiger partial charge in [0.1, 0.15) is 0 Å². The first-order valence-corrected chi connectivity index (χ1v) is 6.75. The molecule has 0 aromatic heterocycles. The van der Waals surface area contributed by atoms with Crippen LogP contribution in [0.3, 0.4) is 0 Å². The van der Waals surface area contributed by atoms with Gasteiger partial charge in [-0.2, -0.15) is 0 Å². The Morgan fingerprint density at radius 1 is 1.50 bits per heavy atom. The maximum Gasteiger partial charge on any atom is 0.0641 e. The summed E-state index contributed by atoms with van der Waals surface area (Å²) in [7, 11) is -0.714. The third-order valence-corrected chi connectivity index (χ3v) is 4.67. The molecular formula is C6H15NSi. The molecule has 0 radical (unpaired) electrons. The van der Waals surface area contributed by atoms with Gasteiger partial charge in [0.25, 0.3) is 0 Å². The van der Waals surface area contributed by atoms with Crippen molar-refractivity contribution in [2.45, 2.75) is 32.1 Å². The third-order valence-electron chi connectivity index (χ3n) is 1.79. The summed E-state index contributed by atoms with van der Waals surface area (Å²) in [6.45, 7) is 7.18. The standard InChI is InChI=1S/C6H15NSi/c1-6-4-8(2,3)5-7-6/h6-7H,4-5H2,1-3H3. The summed E-state index contributed by atoms with van der Waals surface area (Å²) in [6, 6.07) is 2.27. The van der Waals surface area contributed by atoms with Crippen LogP contribution in [0.4, 0.5) is 0 Å². The zero-order valence-corrected chi connectivity index (χ0v) is 6.99. The second-order valence-electron chi connectivity index (χ2n) is 3.65. The van der Waals surface area contributed by atoms with Crippen molar-refractivity contribution in [1.82, 2.24) is 5.32 Å². The molecule has 1 saturated heterocycles. The van der Waals surface area contributed by atoms with Gasteiger partial charge in [0, 0.05) is 6.04 Å². The fourth-order valence-corrected chi connectivity index (χ4v) is 4.27. The van der Waals surface area contributed by atoms with E-state index in [2.05, 4.69) is 25.3 Å². The summed E-state index contributed by atoms with van der Waals surface area (Å²) in [6.07, 6.45) is 1.33. The van der Waals surface area contributed by atoms with Gasteiger partial charge in [0.15, 0.2) is 0 Å². The molecule has 1 nitrogen and oxygen atoms in total. The predicted octanol–water partition coefficient (Wildman–Crippen LogP) is 1.23. The fraction of sp³-hybridized carbons (Fsp3) is 1.00. The molecule has 1 fully saturated rings. The van der Waals surface area contributed by atoms with Gasteiger partial charge in [0.05, 0.1) is 8.07 Å². The van der Waals surface area contributed by atoms with E-state index in [0.29, 0.717) is 0 Å². The van der Waals surface area contributed by atoms with E-state index in [1.165, 1.54) is 12.2 Å². The molecule has 1 heterocycles. The lowest BCUT2D eigenvalue weighted by atomic mass is 10.4. The van der Waals surface area contributed by atoms with Crippen LogP contribution in [0.25, 0.3) is 0 Å². The summed E-state index contributed by atoms with van der Waals surface area (Å²) in [5.74, 6) is 0. The highest BCUT2D eigenvalue weighted by molar-refractivity contribution is 6.78. The molecule has 2 heteroatoms. The molecule has 48 valence electrons. The quantitative estimate of drug-likeness (QED) is 0.485. The van der Waals surface area contributed by atoms with Crippen LogP contribution in [-0.2, 0) is 0 Å². The Morgan fingerprint density at radius 2 is 2.12 bits per heavy atom. The average molecular weight is 129 g/mol. The SMILES string of the molecule is CC1C[Si](C)(C)CN1. The number of rotatable bonds is 0. The minimum atomic E-state index is -0.714. The van der Waals surface area contributed by atoms with Crippen molar-refractivity contribution in [3.63, 3.8) is 0 Å². The molecule has 8 heavy (non-hydrogen) atoms. The highest BCUT2D eigenvalue weighted by Crippen LogP contribution is 2.16. The Bertz CT molecular complexity index is 90.5. The lowest BCUT2D eigenvalue weighted by molar-refractivity contribution is 0.687. The molecule has 1 rings (SSSR count). The van der Waals surface area contributed by atoms with Crippen molar-refractivity contribution in [2.24, 2.45) is 0 Å². The molecule has 0 bridgehead atoms. The van der Waals surface area contributed by atoms with Gasteiger partial charge in [-0.25, -0.2) is 0 Å². The van der Waals surface area contributed by atoms with Gasteiger partial charge < -0.3 is 5.32 Å². The van der Waals surface area contributed by atoms with Gasteiger partial charge in [0.2, 0.25) is 0 Å². The number of nitrogens with one attached hydrogen (secondary N) is 1. The first kappa shape index (κ1) is 6.30. The van der Waals surface area contributed by atoms with Crippen LogP contribution >= 0.6 is 0 Å². The van der Waals surface area contributed by atoms with Crippen LogP contribution < -0.4 is 5.32 Å². The maximum absolute atomic E-state index is 3.47. The summed E-state index contributed by atoms with van der Waals surface area (Å²) in [4.78, 5) is 0. The zero-order chi connectivity index (χ0) is 6.20. The van der Waals surface area contributed by atoms with E-state index in [0.717, 1.165) is 6.04 Å². The summed E-state index contributed by atoms with van der Waals surface area (Å²) in [5.41, 5.74) is 0. The van der Waals surface area contributed by atoms with Gasteiger partial charge in [-0.15, -0.1) is 0 Å². The molecular weight excluding hydrogens is 114 g/mol. The number of hydrogen-bond acceptors (Lipinski definition) is 1. The predicted molar refractivity (Wildman–Crippen MR) is 39.8 cm³/mol. The monoisotopic (exact) mass is 129 g/mol. The molecule has 0 saturated carbocycles. The van der Waals surface area contributed by atoms with Gasteiger partial charge in [-0.1, -0.05) is 20.0 Å². The Hall–Kier alpha value is 0.177. The molecule has 1 unspecified atom stereocenters. The Kier molecular flexibility index (Phi) is 1.45. The normalized spacial score (nSPS) is 35.6. The zero-order valence-electron chi connectivity index (χ0n) is 5.99. The van der Waals surface area contributed by atoms with Crippen molar-refractivity contribution < 1.29 is 0 Å². The molecule has 0 aromatic rings. The molecule has 1 aliphatic heterocycles. The largest absolute Gasteiger partial charge is 0.317 e. The fourth-order valence-electron chi connectivity index (χ4n) is 1.42. The molecule has 0 amide bonds. The van der Waals surface area contributed by atoms with E-state index in [9.17, 15) is 0 Å². The number of hydrogen-bond donors (Lipinski definition) is 1. The lowest BCUT2D eigenvalue weighted by Crippen LogP contribution is -2.28. The van der Waals surface area contributed by atoms with Crippen LogP contribution in [-0.4, -0.2) is 20.3 Å². The highest BCUT2D eigenvalue weighted by Gasteiger charge is 2.29. The van der Waals surface area contributed by atoms with Crippen molar-refractivity contribution in [3.8, 4) is 0 Å². The van der Waals surface area contributed by atoms with E-state index in [-0.39, 0.29) is 0 Å². The van der Waals surface area contributed by atoms with Crippen molar-refractivity contribution >= 4 is 8.07 Å². The van der Waals surface area contributed by atoms with E-state index < -0.39 is 8.07 Å². The Morgan fingerprint density at radius 3 is 2.25 bits per heavy atom. The van der Waals surface area contributed by atoms with Crippen molar-refractivity contribution in [2.75, 3.05) is 6.17 Å². The van der Waals surface area contributed by atoms with E-state index >= 15 is 0 Å². The first-order valence-electron chi connectivity index (χ1n) is 3.33. The average Bonchev–Trinajstić information content (AvgIpc) is 1.82. The van der Waals surface area contributed by atoms with E-state index in [1.54, 1.807) is 0 Å². The summed E-state index contributed by atoms with van der Waals surface area (Å²) < 4.78 is 0. The van der Waals surface area contributed by atoms with Gasteiger partial charge in [-0.05, 0) is 12.2 Å². The second-order valence-corrected chi connectivity index (χ2v) is 8.74. The molecule has 0 aliphatic carbocycles. The third kappa shape index (κ3) is 1.33.